The number of pyridine rings is 1. The Bertz CT molecular complexity index is 850. The van der Waals surface area contributed by atoms with Gasteiger partial charge in [0.05, 0.1) is 12.8 Å². The standard InChI is InChI=1S/C19H21N5O2/c1-14-22-17(19(25)21-13-16-4-3-11-26-16)12-18(23-14)24(2)10-7-15-5-8-20-9-6-15/h3-6,8-9,11-12H,7,10,13H2,1-2H3,(H,21,25). The van der Waals surface area contributed by atoms with E-state index in [9.17, 15) is 4.79 Å². The fourth-order valence-electron chi connectivity index (χ4n) is 2.50. The van der Waals surface area contributed by atoms with Crippen molar-refractivity contribution in [3.8, 4) is 0 Å². The van der Waals surface area contributed by atoms with E-state index in [1.807, 2.05) is 30.1 Å². The quantitative estimate of drug-likeness (QED) is 0.703. The Labute approximate surface area is 152 Å². The lowest BCUT2D eigenvalue weighted by atomic mass is 10.2. The molecule has 0 saturated carbocycles. The zero-order valence-corrected chi connectivity index (χ0v) is 14.8. The van der Waals surface area contributed by atoms with Gasteiger partial charge in [-0.1, -0.05) is 0 Å². The van der Waals surface area contributed by atoms with E-state index in [1.165, 1.54) is 5.56 Å². The monoisotopic (exact) mass is 351 g/mol. The van der Waals surface area contributed by atoms with E-state index in [1.54, 1.807) is 37.7 Å². The molecule has 3 rings (SSSR count). The number of hydrogen-bond acceptors (Lipinski definition) is 6. The molecule has 1 N–H and O–H groups in total. The SMILES string of the molecule is Cc1nc(C(=O)NCc2ccco2)cc(N(C)CCc2ccncc2)n1. The molecule has 0 fully saturated rings. The number of likely N-dealkylation sites (N-methyl/N-ethyl adjacent to an activating group) is 1. The van der Waals surface area contributed by atoms with Crippen LogP contribution in [0.1, 0.15) is 27.6 Å². The van der Waals surface area contributed by atoms with Crippen molar-refractivity contribution < 1.29 is 9.21 Å². The molecule has 0 bridgehead atoms. The van der Waals surface area contributed by atoms with Gasteiger partial charge in [-0.3, -0.25) is 9.78 Å². The number of amides is 1. The topological polar surface area (TPSA) is 84.2 Å². The molecular formula is C19H21N5O2. The fraction of sp³-hybridized carbons (Fsp3) is 0.263. The third-order valence-corrected chi connectivity index (χ3v) is 3.94. The molecule has 0 aliphatic heterocycles. The Kier molecular flexibility index (Phi) is 5.58. The fourth-order valence-corrected chi connectivity index (χ4v) is 2.50. The summed E-state index contributed by atoms with van der Waals surface area (Å²) in [5.74, 6) is 1.71. The average Bonchev–Trinajstić information content (AvgIpc) is 3.18. The van der Waals surface area contributed by atoms with Gasteiger partial charge in [0.15, 0.2) is 0 Å². The summed E-state index contributed by atoms with van der Waals surface area (Å²) in [4.78, 5) is 27.1. The number of aryl methyl sites for hydroxylation is 1. The van der Waals surface area contributed by atoms with Crippen molar-refractivity contribution in [2.75, 3.05) is 18.5 Å². The van der Waals surface area contributed by atoms with Crippen LogP contribution in [0.5, 0.6) is 0 Å². The number of anilines is 1. The summed E-state index contributed by atoms with van der Waals surface area (Å²) in [7, 11) is 1.95. The van der Waals surface area contributed by atoms with Crippen molar-refractivity contribution in [1.82, 2.24) is 20.3 Å². The molecule has 0 aliphatic rings. The van der Waals surface area contributed by atoms with E-state index in [0.29, 0.717) is 23.8 Å². The number of furan rings is 1. The summed E-state index contributed by atoms with van der Waals surface area (Å²) in [6, 6.07) is 9.28. The van der Waals surface area contributed by atoms with Gasteiger partial charge in [0.2, 0.25) is 0 Å². The number of nitrogens with zero attached hydrogens (tertiary/aromatic N) is 4. The zero-order chi connectivity index (χ0) is 18.4. The Balaban J connectivity index is 1.65. The number of rotatable bonds is 7. The van der Waals surface area contributed by atoms with Crippen LogP contribution >= 0.6 is 0 Å². The molecule has 3 aromatic heterocycles. The number of carbonyl (C=O) groups is 1. The normalized spacial score (nSPS) is 10.5. The van der Waals surface area contributed by atoms with Crippen LogP contribution in [0.25, 0.3) is 0 Å². The lowest BCUT2D eigenvalue weighted by Gasteiger charge is -2.19. The van der Waals surface area contributed by atoms with Crippen molar-refractivity contribution >= 4 is 11.7 Å². The molecule has 0 radical (unpaired) electrons. The van der Waals surface area contributed by atoms with Crippen molar-refractivity contribution in [1.29, 1.82) is 0 Å². The highest BCUT2D eigenvalue weighted by Crippen LogP contribution is 2.12. The van der Waals surface area contributed by atoms with Gasteiger partial charge >= 0.3 is 0 Å². The van der Waals surface area contributed by atoms with E-state index in [2.05, 4.69) is 20.3 Å². The Morgan fingerprint density at radius 2 is 2.04 bits per heavy atom. The first-order valence-corrected chi connectivity index (χ1v) is 8.38. The van der Waals surface area contributed by atoms with E-state index >= 15 is 0 Å². The number of nitrogens with one attached hydrogen (secondary N) is 1. The summed E-state index contributed by atoms with van der Waals surface area (Å²) in [5, 5.41) is 2.80. The molecule has 7 heteroatoms. The zero-order valence-electron chi connectivity index (χ0n) is 14.8. The predicted octanol–water partition coefficient (Wildman–Crippen LogP) is 2.38. The molecule has 0 unspecified atom stereocenters. The van der Waals surface area contributed by atoms with Crippen LogP contribution in [0.15, 0.2) is 53.4 Å². The molecule has 0 saturated heterocycles. The third kappa shape index (κ3) is 4.66. The maximum Gasteiger partial charge on any atom is 0.270 e. The van der Waals surface area contributed by atoms with E-state index in [0.717, 1.165) is 18.8 Å². The third-order valence-electron chi connectivity index (χ3n) is 3.94. The van der Waals surface area contributed by atoms with Crippen molar-refractivity contribution in [3.63, 3.8) is 0 Å². The first-order chi connectivity index (χ1) is 12.6. The summed E-state index contributed by atoms with van der Waals surface area (Å²) in [6.07, 6.45) is 6.01. The van der Waals surface area contributed by atoms with Gasteiger partial charge in [-0.2, -0.15) is 0 Å². The lowest BCUT2D eigenvalue weighted by molar-refractivity contribution is 0.0942. The summed E-state index contributed by atoms with van der Waals surface area (Å²) in [6.45, 7) is 2.87. The highest BCUT2D eigenvalue weighted by molar-refractivity contribution is 5.92. The first kappa shape index (κ1) is 17.6. The molecule has 0 aromatic carbocycles. The van der Waals surface area contributed by atoms with Gasteiger partial charge in [0.1, 0.15) is 23.1 Å². The van der Waals surface area contributed by atoms with Crippen LogP contribution in [0.4, 0.5) is 5.82 Å². The Morgan fingerprint density at radius 1 is 1.23 bits per heavy atom. The molecule has 3 aromatic rings. The number of hydrogen-bond donors (Lipinski definition) is 1. The highest BCUT2D eigenvalue weighted by Gasteiger charge is 2.13. The van der Waals surface area contributed by atoms with Gasteiger partial charge in [0, 0.05) is 32.1 Å². The molecular weight excluding hydrogens is 330 g/mol. The van der Waals surface area contributed by atoms with Gasteiger partial charge in [-0.25, -0.2) is 9.97 Å². The van der Waals surface area contributed by atoms with E-state index < -0.39 is 0 Å². The lowest BCUT2D eigenvalue weighted by Crippen LogP contribution is -2.26. The van der Waals surface area contributed by atoms with Gasteiger partial charge in [-0.05, 0) is 43.2 Å². The van der Waals surface area contributed by atoms with E-state index in [-0.39, 0.29) is 5.91 Å². The maximum atomic E-state index is 12.4. The minimum absolute atomic E-state index is 0.254. The van der Waals surface area contributed by atoms with E-state index in [4.69, 9.17) is 4.42 Å². The smallest absolute Gasteiger partial charge is 0.270 e. The molecule has 0 spiro atoms. The molecule has 26 heavy (non-hydrogen) atoms. The average molecular weight is 351 g/mol. The van der Waals surface area contributed by atoms with Crippen LogP contribution in [-0.4, -0.2) is 34.5 Å². The van der Waals surface area contributed by atoms with Crippen LogP contribution in [0, 0.1) is 6.92 Å². The Morgan fingerprint density at radius 3 is 2.77 bits per heavy atom. The predicted molar refractivity (Wildman–Crippen MR) is 97.9 cm³/mol. The Hall–Kier alpha value is -3.22. The van der Waals surface area contributed by atoms with Gasteiger partial charge in [0.25, 0.3) is 5.91 Å². The molecule has 3 heterocycles. The summed E-state index contributed by atoms with van der Waals surface area (Å²) in [5.41, 5.74) is 1.55. The molecule has 1 amide bonds. The summed E-state index contributed by atoms with van der Waals surface area (Å²) >= 11 is 0. The minimum atomic E-state index is -0.254. The van der Waals surface area contributed by atoms with Crippen LogP contribution in [0.2, 0.25) is 0 Å². The highest BCUT2D eigenvalue weighted by atomic mass is 16.3. The molecule has 134 valence electrons. The second kappa shape index (κ2) is 8.24. The molecule has 0 aliphatic carbocycles. The van der Waals surface area contributed by atoms with Crippen molar-refractivity contribution in [3.05, 3.63) is 71.8 Å². The molecule has 0 atom stereocenters. The van der Waals surface area contributed by atoms with Crippen LogP contribution in [0.3, 0.4) is 0 Å². The maximum absolute atomic E-state index is 12.4. The van der Waals surface area contributed by atoms with Crippen LogP contribution < -0.4 is 10.2 Å². The summed E-state index contributed by atoms with van der Waals surface area (Å²) < 4.78 is 5.22. The largest absolute Gasteiger partial charge is 0.467 e. The van der Waals surface area contributed by atoms with Crippen molar-refractivity contribution in [2.45, 2.75) is 19.9 Å². The number of carbonyl (C=O) groups excluding carboxylic acids is 1. The van der Waals surface area contributed by atoms with Gasteiger partial charge < -0.3 is 14.6 Å². The first-order valence-electron chi connectivity index (χ1n) is 8.38. The number of aromatic nitrogens is 3. The minimum Gasteiger partial charge on any atom is -0.467 e. The van der Waals surface area contributed by atoms with Crippen molar-refractivity contribution in [2.24, 2.45) is 0 Å². The van der Waals surface area contributed by atoms with Gasteiger partial charge in [-0.15, -0.1) is 0 Å². The van der Waals surface area contributed by atoms with Crippen LogP contribution in [-0.2, 0) is 13.0 Å². The second-order valence-electron chi connectivity index (χ2n) is 5.95. The molecule has 7 nitrogen and oxygen atoms in total. The second-order valence-corrected chi connectivity index (χ2v) is 5.95.